The zero-order valence-corrected chi connectivity index (χ0v) is 13.3. The van der Waals surface area contributed by atoms with Gasteiger partial charge in [0.15, 0.2) is 11.5 Å². The molecule has 1 heterocycles. The van der Waals surface area contributed by atoms with Crippen molar-refractivity contribution in [2.75, 3.05) is 27.3 Å². The Kier molecular flexibility index (Phi) is 5.32. The number of methoxy groups -OCH3 is 2. The number of allylic oxidation sites excluding steroid dienone is 1. The molecule has 21 heavy (non-hydrogen) atoms. The fourth-order valence-corrected chi connectivity index (χ4v) is 2.70. The second-order valence-corrected chi connectivity index (χ2v) is 5.41. The molecule has 3 heteroatoms. The minimum absolute atomic E-state index is 0.762. The monoisotopic (exact) mass is 287 g/mol. The van der Waals surface area contributed by atoms with E-state index in [4.69, 9.17) is 9.47 Å². The van der Waals surface area contributed by atoms with Crippen LogP contribution in [-0.4, -0.2) is 32.2 Å². The smallest absolute Gasteiger partial charge is 0.161 e. The van der Waals surface area contributed by atoms with Crippen LogP contribution >= 0.6 is 0 Å². The van der Waals surface area contributed by atoms with Crippen LogP contribution in [0.3, 0.4) is 0 Å². The molecule has 0 saturated carbocycles. The molecule has 1 aliphatic rings. The van der Waals surface area contributed by atoms with Crippen LogP contribution < -0.4 is 9.47 Å². The van der Waals surface area contributed by atoms with Crippen molar-refractivity contribution in [3.63, 3.8) is 0 Å². The number of nitrogens with zero attached hydrogens (tertiary/aromatic N) is 1. The predicted molar refractivity (Wildman–Crippen MR) is 87.8 cm³/mol. The van der Waals surface area contributed by atoms with Gasteiger partial charge in [-0.2, -0.15) is 0 Å². The first-order valence-electron chi connectivity index (χ1n) is 7.52. The van der Waals surface area contributed by atoms with E-state index in [0.717, 1.165) is 49.4 Å². The average molecular weight is 287 g/mol. The fourth-order valence-electron chi connectivity index (χ4n) is 2.70. The lowest BCUT2D eigenvalue weighted by Crippen LogP contribution is -2.29. The van der Waals surface area contributed by atoms with E-state index in [1.165, 1.54) is 11.3 Å². The Morgan fingerprint density at radius 3 is 2.67 bits per heavy atom. The first kappa shape index (κ1) is 15.5. The van der Waals surface area contributed by atoms with E-state index < -0.39 is 0 Å². The Hall–Kier alpha value is -1.90. The van der Waals surface area contributed by atoms with Crippen LogP contribution in [0.5, 0.6) is 11.5 Å². The molecular formula is C18H25NO2. The van der Waals surface area contributed by atoms with Crippen LogP contribution in [0.25, 0.3) is 6.08 Å². The Balaban J connectivity index is 2.28. The highest BCUT2D eigenvalue weighted by atomic mass is 16.5. The van der Waals surface area contributed by atoms with Gasteiger partial charge in [0.1, 0.15) is 0 Å². The number of benzene rings is 1. The maximum Gasteiger partial charge on any atom is 0.161 e. The van der Waals surface area contributed by atoms with E-state index in [1.807, 2.05) is 12.1 Å². The third kappa shape index (κ3) is 3.81. The van der Waals surface area contributed by atoms with Crippen LogP contribution in [0.1, 0.15) is 31.7 Å². The zero-order chi connectivity index (χ0) is 15.2. The summed E-state index contributed by atoms with van der Waals surface area (Å²) in [7, 11) is 3.32. The number of hydrogen-bond donors (Lipinski definition) is 0. The van der Waals surface area contributed by atoms with E-state index in [1.54, 1.807) is 14.2 Å². The summed E-state index contributed by atoms with van der Waals surface area (Å²) in [5.41, 5.74) is 3.80. The van der Waals surface area contributed by atoms with Gasteiger partial charge in [0.25, 0.3) is 0 Å². The summed E-state index contributed by atoms with van der Waals surface area (Å²) < 4.78 is 10.7. The molecule has 0 unspecified atom stereocenters. The minimum atomic E-state index is 0.762. The third-order valence-electron chi connectivity index (χ3n) is 3.81. The maximum atomic E-state index is 5.38. The predicted octanol–water partition coefficient (Wildman–Crippen LogP) is 4.11. The first-order chi connectivity index (χ1) is 10.2. The van der Waals surface area contributed by atoms with Crippen molar-refractivity contribution in [3.05, 3.63) is 41.6 Å². The standard InChI is InChI=1S/C18H25NO2/c1-5-9-19-10-8-14(2)11-16(19)12-15-6-7-17(20-3)18(13-15)21-4/h6-7,12-13H,2,5,8-11H2,1,3-4H3. The normalized spacial score (nSPS) is 17.2. The zero-order valence-electron chi connectivity index (χ0n) is 13.3. The minimum Gasteiger partial charge on any atom is -0.493 e. The quantitative estimate of drug-likeness (QED) is 0.761. The van der Waals surface area contributed by atoms with Gasteiger partial charge in [-0.25, -0.2) is 0 Å². The van der Waals surface area contributed by atoms with E-state index in [0.29, 0.717) is 0 Å². The SMILES string of the molecule is C=C1CCN(CCC)C(=Cc2ccc(OC)c(OC)c2)C1. The topological polar surface area (TPSA) is 21.7 Å². The molecule has 0 spiro atoms. The number of hydrogen-bond acceptors (Lipinski definition) is 3. The van der Waals surface area contributed by atoms with Crippen LogP contribution in [-0.2, 0) is 0 Å². The lowest BCUT2D eigenvalue weighted by atomic mass is 10.00. The van der Waals surface area contributed by atoms with Gasteiger partial charge >= 0.3 is 0 Å². The van der Waals surface area contributed by atoms with Crippen LogP contribution in [0.4, 0.5) is 0 Å². The first-order valence-corrected chi connectivity index (χ1v) is 7.52. The molecule has 0 amide bonds. The molecule has 2 rings (SSSR count). The fraction of sp³-hybridized carbons (Fsp3) is 0.444. The van der Waals surface area contributed by atoms with E-state index in [9.17, 15) is 0 Å². The number of rotatable bonds is 5. The van der Waals surface area contributed by atoms with Gasteiger partial charge in [0, 0.05) is 25.2 Å². The molecule has 0 radical (unpaired) electrons. The Morgan fingerprint density at radius 1 is 1.24 bits per heavy atom. The van der Waals surface area contributed by atoms with E-state index in [2.05, 4.69) is 30.5 Å². The summed E-state index contributed by atoms with van der Waals surface area (Å²) in [4.78, 5) is 2.46. The molecule has 114 valence electrons. The summed E-state index contributed by atoms with van der Waals surface area (Å²) in [5, 5.41) is 0. The van der Waals surface area contributed by atoms with Gasteiger partial charge in [-0.3, -0.25) is 0 Å². The molecule has 0 atom stereocenters. The van der Waals surface area contributed by atoms with Crippen LogP contribution in [0.2, 0.25) is 0 Å². The molecule has 0 aromatic heterocycles. The van der Waals surface area contributed by atoms with Crippen molar-refractivity contribution >= 4 is 6.08 Å². The van der Waals surface area contributed by atoms with Crippen molar-refractivity contribution in [3.8, 4) is 11.5 Å². The molecule has 1 fully saturated rings. The van der Waals surface area contributed by atoms with E-state index in [-0.39, 0.29) is 0 Å². The molecule has 1 aromatic carbocycles. The maximum absolute atomic E-state index is 5.38. The van der Waals surface area contributed by atoms with Crippen LogP contribution in [0.15, 0.2) is 36.0 Å². The van der Waals surface area contributed by atoms with Gasteiger partial charge in [0.2, 0.25) is 0 Å². The number of likely N-dealkylation sites (tertiary alicyclic amines) is 1. The summed E-state index contributed by atoms with van der Waals surface area (Å²) in [6.07, 6.45) is 5.47. The van der Waals surface area contributed by atoms with Crippen molar-refractivity contribution < 1.29 is 9.47 Å². The average Bonchev–Trinajstić information content (AvgIpc) is 2.50. The molecular weight excluding hydrogens is 262 g/mol. The molecule has 0 aliphatic carbocycles. The third-order valence-corrected chi connectivity index (χ3v) is 3.81. The van der Waals surface area contributed by atoms with Crippen LogP contribution in [0, 0.1) is 0 Å². The molecule has 1 aliphatic heterocycles. The summed E-state index contributed by atoms with van der Waals surface area (Å²) >= 11 is 0. The van der Waals surface area contributed by atoms with E-state index >= 15 is 0 Å². The molecule has 0 bridgehead atoms. The van der Waals surface area contributed by atoms with Gasteiger partial charge in [-0.05, 0) is 36.6 Å². The van der Waals surface area contributed by atoms with Gasteiger partial charge in [-0.1, -0.05) is 25.1 Å². The second-order valence-electron chi connectivity index (χ2n) is 5.41. The van der Waals surface area contributed by atoms with Crippen molar-refractivity contribution in [2.24, 2.45) is 0 Å². The molecule has 1 saturated heterocycles. The van der Waals surface area contributed by atoms with Crippen molar-refractivity contribution in [1.82, 2.24) is 4.90 Å². The lowest BCUT2D eigenvalue weighted by Gasteiger charge is -2.32. The van der Waals surface area contributed by atoms with Gasteiger partial charge in [-0.15, -0.1) is 0 Å². The number of piperidine rings is 1. The van der Waals surface area contributed by atoms with Crippen molar-refractivity contribution in [1.29, 1.82) is 0 Å². The summed E-state index contributed by atoms with van der Waals surface area (Å²) in [6.45, 7) is 8.55. The van der Waals surface area contributed by atoms with Gasteiger partial charge in [0.05, 0.1) is 14.2 Å². The summed E-state index contributed by atoms with van der Waals surface area (Å²) in [5.74, 6) is 1.53. The van der Waals surface area contributed by atoms with Gasteiger partial charge < -0.3 is 14.4 Å². The highest BCUT2D eigenvalue weighted by Crippen LogP contribution is 2.31. The molecule has 0 N–H and O–H groups in total. The largest absolute Gasteiger partial charge is 0.493 e. The highest BCUT2D eigenvalue weighted by Gasteiger charge is 2.16. The second kappa shape index (κ2) is 7.21. The Bertz CT molecular complexity index is 534. The Labute approximate surface area is 127 Å². The Morgan fingerprint density at radius 2 is 2.00 bits per heavy atom. The molecule has 1 aromatic rings. The number of ether oxygens (including phenoxy) is 2. The lowest BCUT2D eigenvalue weighted by molar-refractivity contribution is 0.322. The highest BCUT2D eigenvalue weighted by molar-refractivity contribution is 5.58. The summed E-state index contributed by atoms with van der Waals surface area (Å²) in [6, 6.07) is 6.04. The molecule has 3 nitrogen and oxygen atoms in total. The van der Waals surface area contributed by atoms with Crippen molar-refractivity contribution in [2.45, 2.75) is 26.2 Å².